The Hall–Kier alpha value is -3.22. The van der Waals surface area contributed by atoms with Gasteiger partial charge in [0.15, 0.2) is 6.61 Å². The van der Waals surface area contributed by atoms with Gasteiger partial charge in [0.25, 0.3) is 5.91 Å². The Morgan fingerprint density at radius 3 is 2.21 bits per heavy atom. The number of carbonyl (C=O) groups is 2. The molecule has 1 atom stereocenters. The van der Waals surface area contributed by atoms with Gasteiger partial charge in [0, 0.05) is 31.3 Å². The third-order valence-corrected chi connectivity index (χ3v) is 5.50. The Morgan fingerprint density at radius 1 is 1.00 bits per heavy atom. The zero-order chi connectivity index (χ0) is 24.2. The first-order valence-electron chi connectivity index (χ1n) is 11.4. The normalized spacial score (nSPS) is 11.4. The molecule has 33 heavy (non-hydrogen) atoms. The number of nitrogens with zero attached hydrogens (tertiary/aromatic N) is 1. The zero-order valence-corrected chi connectivity index (χ0v) is 20.3. The lowest BCUT2D eigenvalue weighted by molar-refractivity contribution is -0.143. The lowest BCUT2D eigenvalue weighted by atomic mass is 10.1. The van der Waals surface area contributed by atoms with E-state index >= 15 is 0 Å². The van der Waals surface area contributed by atoms with Gasteiger partial charge < -0.3 is 24.4 Å². The largest absolute Gasteiger partial charge is 0.496 e. The molecule has 0 aliphatic carbocycles. The molecule has 0 aliphatic rings. The summed E-state index contributed by atoms with van der Waals surface area (Å²) in [5.41, 5.74) is 2.06. The van der Waals surface area contributed by atoms with Gasteiger partial charge in [-0.1, -0.05) is 44.5 Å². The summed E-state index contributed by atoms with van der Waals surface area (Å²) in [6.07, 6.45) is 2.39. The molecule has 7 heteroatoms. The van der Waals surface area contributed by atoms with Gasteiger partial charge in [0.1, 0.15) is 23.3 Å². The van der Waals surface area contributed by atoms with Gasteiger partial charge in [0.2, 0.25) is 5.91 Å². The monoisotopic (exact) mass is 456 g/mol. The van der Waals surface area contributed by atoms with Crippen LogP contribution in [-0.4, -0.2) is 50.1 Å². The molecule has 0 bridgehead atoms. The number of hydrogen-bond donors (Lipinski definition) is 1. The number of rotatable bonds is 13. The second-order valence-electron chi connectivity index (χ2n) is 7.85. The smallest absolute Gasteiger partial charge is 0.261 e. The summed E-state index contributed by atoms with van der Waals surface area (Å²) in [5.74, 6) is 1.18. The fourth-order valence-electron chi connectivity index (χ4n) is 3.49. The maximum absolute atomic E-state index is 13.3. The highest BCUT2D eigenvalue weighted by Crippen LogP contribution is 2.27. The predicted molar refractivity (Wildman–Crippen MR) is 129 cm³/mol. The average molecular weight is 457 g/mol. The molecule has 0 saturated carbocycles. The van der Waals surface area contributed by atoms with Crippen LogP contribution in [0.2, 0.25) is 0 Å². The first kappa shape index (κ1) is 26.0. The maximum atomic E-state index is 13.3. The van der Waals surface area contributed by atoms with Crippen LogP contribution >= 0.6 is 0 Å². The molecule has 0 aromatic heterocycles. The van der Waals surface area contributed by atoms with Crippen LogP contribution in [0.15, 0.2) is 42.5 Å². The molecule has 0 unspecified atom stereocenters. The van der Waals surface area contributed by atoms with Crippen LogP contribution in [-0.2, 0) is 16.1 Å². The first-order valence-corrected chi connectivity index (χ1v) is 11.4. The number of carbonyl (C=O) groups excluding carboxylic acids is 2. The Morgan fingerprint density at radius 2 is 1.64 bits per heavy atom. The number of amides is 2. The van der Waals surface area contributed by atoms with E-state index < -0.39 is 6.04 Å². The number of benzene rings is 2. The van der Waals surface area contributed by atoms with E-state index in [2.05, 4.69) is 12.2 Å². The van der Waals surface area contributed by atoms with Crippen molar-refractivity contribution in [3.8, 4) is 17.2 Å². The number of hydrogen-bond acceptors (Lipinski definition) is 5. The Kier molecular flexibility index (Phi) is 10.5. The summed E-state index contributed by atoms with van der Waals surface area (Å²) in [6.45, 7) is 6.70. The molecule has 0 spiro atoms. The van der Waals surface area contributed by atoms with Crippen molar-refractivity contribution in [2.75, 3.05) is 27.4 Å². The number of nitrogens with one attached hydrogen (secondary N) is 1. The summed E-state index contributed by atoms with van der Waals surface area (Å²) >= 11 is 0. The maximum Gasteiger partial charge on any atom is 0.261 e. The van der Waals surface area contributed by atoms with Crippen molar-refractivity contribution in [3.63, 3.8) is 0 Å². The molecular formula is C26H36N2O5. The van der Waals surface area contributed by atoms with E-state index in [9.17, 15) is 9.59 Å². The SMILES string of the molecule is CCCCNC(=O)[C@@H](CC)N(Cc1ccccc1C)C(=O)COc1cc(OC)cc(OC)c1. The van der Waals surface area contributed by atoms with Crippen LogP contribution < -0.4 is 19.5 Å². The van der Waals surface area contributed by atoms with Crippen molar-refractivity contribution < 1.29 is 23.8 Å². The predicted octanol–water partition coefficient (Wildman–Crippen LogP) is 4.11. The molecule has 2 amide bonds. The quantitative estimate of drug-likeness (QED) is 0.459. The van der Waals surface area contributed by atoms with Crippen molar-refractivity contribution in [1.29, 1.82) is 0 Å². The van der Waals surface area contributed by atoms with E-state index in [4.69, 9.17) is 14.2 Å². The molecular weight excluding hydrogens is 420 g/mol. The lowest BCUT2D eigenvalue weighted by Gasteiger charge is -2.31. The highest BCUT2D eigenvalue weighted by atomic mass is 16.5. The van der Waals surface area contributed by atoms with Crippen LogP contribution in [0, 0.1) is 6.92 Å². The summed E-state index contributed by atoms with van der Waals surface area (Å²) in [4.78, 5) is 27.9. The Labute approximate surface area is 197 Å². The van der Waals surface area contributed by atoms with Gasteiger partial charge in [-0.3, -0.25) is 9.59 Å². The molecule has 0 saturated heterocycles. The average Bonchev–Trinajstić information content (AvgIpc) is 2.83. The van der Waals surface area contributed by atoms with E-state index in [0.717, 1.165) is 24.0 Å². The Balaban J connectivity index is 2.23. The van der Waals surface area contributed by atoms with Gasteiger partial charge in [-0.05, 0) is 30.9 Å². The molecule has 180 valence electrons. The van der Waals surface area contributed by atoms with Crippen LogP contribution in [0.1, 0.15) is 44.2 Å². The minimum absolute atomic E-state index is 0.143. The van der Waals surface area contributed by atoms with Gasteiger partial charge >= 0.3 is 0 Å². The van der Waals surface area contributed by atoms with Crippen LogP contribution in [0.5, 0.6) is 17.2 Å². The van der Waals surface area contributed by atoms with Crippen molar-refractivity contribution in [3.05, 3.63) is 53.6 Å². The first-order chi connectivity index (χ1) is 15.9. The molecule has 0 fully saturated rings. The van der Waals surface area contributed by atoms with Crippen LogP contribution in [0.25, 0.3) is 0 Å². The van der Waals surface area contributed by atoms with E-state index in [-0.39, 0.29) is 18.4 Å². The van der Waals surface area contributed by atoms with Gasteiger partial charge in [0.05, 0.1) is 14.2 Å². The third kappa shape index (κ3) is 7.70. The van der Waals surface area contributed by atoms with Gasteiger partial charge in [-0.25, -0.2) is 0 Å². The summed E-state index contributed by atoms with van der Waals surface area (Å²) in [6, 6.07) is 12.4. The topological polar surface area (TPSA) is 77.1 Å². The second-order valence-corrected chi connectivity index (χ2v) is 7.85. The molecule has 2 rings (SSSR count). The van der Waals surface area contributed by atoms with E-state index in [1.165, 1.54) is 0 Å². The highest BCUT2D eigenvalue weighted by Gasteiger charge is 2.29. The van der Waals surface area contributed by atoms with Gasteiger partial charge in [-0.15, -0.1) is 0 Å². The Bertz CT molecular complexity index is 893. The molecule has 0 heterocycles. The zero-order valence-electron chi connectivity index (χ0n) is 20.3. The highest BCUT2D eigenvalue weighted by molar-refractivity contribution is 5.88. The van der Waals surface area contributed by atoms with Crippen LogP contribution in [0.4, 0.5) is 0 Å². The number of unbranched alkanes of at least 4 members (excludes halogenated alkanes) is 1. The van der Waals surface area contributed by atoms with Crippen molar-refractivity contribution in [2.45, 2.75) is 52.6 Å². The molecule has 2 aromatic rings. The van der Waals surface area contributed by atoms with E-state index in [1.54, 1.807) is 37.3 Å². The van der Waals surface area contributed by atoms with Crippen molar-refractivity contribution >= 4 is 11.8 Å². The molecule has 1 N–H and O–H groups in total. The second kappa shape index (κ2) is 13.4. The van der Waals surface area contributed by atoms with E-state index in [0.29, 0.717) is 36.8 Å². The number of ether oxygens (including phenoxy) is 3. The van der Waals surface area contributed by atoms with Crippen molar-refractivity contribution in [1.82, 2.24) is 10.2 Å². The standard InChI is InChI=1S/C26H36N2O5/c1-6-8-13-27-26(30)24(7-2)28(17-20-12-10-9-11-19(20)3)25(29)18-33-23-15-21(31-4)14-22(16-23)32-5/h9-12,14-16,24H,6-8,13,17-18H2,1-5H3,(H,27,30)/t24-/m1/s1. The fourth-order valence-corrected chi connectivity index (χ4v) is 3.49. The van der Waals surface area contributed by atoms with Crippen molar-refractivity contribution in [2.24, 2.45) is 0 Å². The lowest BCUT2D eigenvalue weighted by Crippen LogP contribution is -2.50. The molecule has 0 aliphatic heterocycles. The molecule has 7 nitrogen and oxygen atoms in total. The number of methoxy groups -OCH3 is 2. The van der Waals surface area contributed by atoms with Gasteiger partial charge in [-0.2, -0.15) is 0 Å². The minimum atomic E-state index is -0.586. The summed E-state index contributed by atoms with van der Waals surface area (Å²) < 4.78 is 16.3. The number of aryl methyl sites for hydroxylation is 1. The molecule has 2 aromatic carbocycles. The van der Waals surface area contributed by atoms with E-state index in [1.807, 2.05) is 38.1 Å². The summed E-state index contributed by atoms with van der Waals surface area (Å²) in [5, 5.41) is 2.97. The van der Waals surface area contributed by atoms with Crippen LogP contribution in [0.3, 0.4) is 0 Å². The molecule has 0 radical (unpaired) electrons. The third-order valence-electron chi connectivity index (χ3n) is 5.50. The fraction of sp³-hybridized carbons (Fsp3) is 0.462. The minimum Gasteiger partial charge on any atom is -0.496 e. The summed E-state index contributed by atoms with van der Waals surface area (Å²) in [7, 11) is 3.10.